The quantitative estimate of drug-likeness (QED) is 0.837. The molecule has 0 aromatic carbocycles. The van der Waals surface area contributed by atoms with E-state index >= 15 is 0 Å². The molecule has 0 radical (unpaired) electrons. The van der Waals surface area contributed by atoms with Gasteiger partial charge in [0.15, 0.2) is 4.60 Å². The largest absolute Gasteiger partial charge is 0.381 e. The molecule has 1 aliphatic rings. The molecule has 1 atom stereocenters. The monoisotopic (exact) mass is 309 g/mol. The molecule has 0 aliphatic carbocycles. The third-order valence-corrected chi connectivity index (χ3v) is 3.94. The van der Waals surface area contributed by atoms with Crippen LogP contribution < -0.4 is 0 Å². The highest BCUT2D eigenvalue weighted by Gasteiger charge is 2.18. The van der Waals surface area contributed by atoms with E-state index in [9.17, 15) is 0 Å². The fourth-order valence-electron chi connectivity index (χ4n) is 1.37. The molecule has 0 N–H and O–H groups in total. The summed E-state index contributed by atoms with van der Waals surface area (Å²) >= 11 is 6.70. The molecule has 4 nitrogen and oxygen atoms in total. The van der Waals surface area contributed by atoms with Crippen LogP contribution in [0.1, 0.15) is 6.42 Å². The van der Waals surface area contributed by atoms with Crippen molar-refractivity contribution in [2.75, 3.05) is 13.2 Å². The summed E-state index contributed by atoms with van der Waals surface area (Å²) in [6.45, 7) is 2.58. The molecule has 1 saturated heterocycles. The lowest BCUT2D eigenvalue weighted by molar-refractivity contribution is 0.181. The molecule has 1 aromatic heterocycles. The molecule has 0 amide bonds. The molecule has 0 saturated carbocycles. The van der Waals surface area contributed by atoms with Crippen molar-refractivity contribution < 1.29 is 4.74 Å². The van der Waals surface area contributed by atoms with Crippen LogP contribution in [-0.4, -0.2) is 28.2 Å². The topological polar surface area (TPSA) is 39.9 Å². The van der Waals surface area contributed by atoms with E-state index in [4.69, 9.17) is 4.74 Å². The smallest absolute Gasteiger partial charge is 0.162 e. The van der Waals surface area contributed by atoms with Crippen LogP contribution >= 0.6 is 31.9 Å². The molecular formula is C7H9Br2N3O. The van der Waals surface area contributed by atoms with E-state index in [-0.39, 0.29) is 0 Å². The van der Waals surface area contributed by atoms with Crippen molar-refractivity contribution in [2.45, 2.75) is 13.0 Å². The fourth-order valence-corrected chi connectivity index (χ4v) is 1.94. The van der Waals surface area contributed by atoms with Crippen molar-refractivity contribution in [3.8, 4) is 0 Å². The number of nitrogens with zero attached hydrogens (tertiary/aromatic N) is 3. The van der Waals surface area contributed by atoms with Gasteiger partial charge in [-0.05, 0) is 38.3 Å². The van der Waals surface area contributed by atoms with Crippen molar-refractivity contribution in [2.24, 2.45) is 5.92 Å². The lowest BCUT2D eigenvalue weighted by Crippen LogP contribution is -2.12. The number of rotatable bonds is 2. The maximum atomic E-state index is 5.29. The van der Waals surface area contributed by atoms with Gasteiger partial charge in [0.1, 0.15) is 4.60 Å². The molecule has 0 spiro atoms. The van der Waals surface area contributed by atoms with E-state index in [0.29, 0.717) is 5.92 Å². The van der Waals surface area contributed by atoms with Crippen LogP contribution in [-0.2, 0) is 11.3 Å². The van der Waals surface area contributed by atoms with Gasteiger partial charge in [-0.2, -0.15) is 0 Å². The molecule has 0 bridgehead atoms. The molecule has 72 valence electrons. The first kappa shape index (κ1) is 9.61. The Morgan fingerprint density at radius 3 is 2.92 bits per heavy atom. The highest BCUT2D eigenvalue weighted by Crippen LogP contribution is 2.22. The molecule has 1 fully saturated rings. The van der Waals surface area contributed by atoms with E-state index in [0.717, 1.165) is 35.4 Å². The third-order valence-electron chi connectivity index (χ3n) is 2.09. The third kappa shape index (κ3) is 2.11. The second kappa shape index (κ2) is 4.06. The Morgan fingerprint density at radius 1 is 1.54 bits per heavy atom. The number of aromatic nitrogens is 3. The van der Waals surface area contributed by atoms with Gasteiger partial charge >= 0.3 is 0 Å². The van der Waals surface area contributed by atoms with Crippen LogP contribution in [0.5, 0.6) is 0 Å². The van der Waals surface area contributed by atoms with E-state index in [1.54, 1.807) is 0 Å². The Morgan fingerprint density at radius 2 is 2.38 bits per heavy atom. The maximum absolute atomic E-state index is 5.29. The predicted molar refractivity (Wildman–Crippen MR) is 54.3 cm³/mol. The zero-order valence-electron chi connectivity index (χ0n) is 6.91. The van der Waals surface area contributed by atoms with Crippen molar-refractivity contribution >= 4 is 31.9 Å². The van der Waals surface area contributed by atoms with Gasteiger partial charge in [-0.3, -0.25) is 0 Å². The number of hydrogen-bond donors (Lipinski definition) is 0. The lowest BCUT2D eigenvalue weighted by Gasteiger charge is -2.06. The van der Waals surface area contributed by atoms with Gasteiger partial charge in [-0.1, -0.05) is 5.21 Å². The highest BCUT2D eigenvalue weighted by molar-refractivity contribution is 9.13. The lowest BCUT2D eigenvalue weighted by atomic mass is 10.1. The summed E-state index contributed by atoms with van der Waals surface area (Å²) in [6.07, 6.45) is 1.11. The van der Waals surface area contributed by atoms with Crippen LogP contribution in [0.4, 0.5) is 0 Å². The van der Waals surface area contributed by atoms with Crippen LogP contribution in [0.3, 0.4) is 0 Å². The summed E-state index contributed by atoms with van der Waals surface area (Å²) in [4.78, 5) is 0. The van der Waals surface area contributed by atoms with Crippen LogP contribution in [0.25, 0.3) is 0 Å². The normalized spacial score (nSPS) is 22.5. The summed E-state index contributed by atoms with van der Waals surface area (Å²) in [5.74, 6) is 0.574. The van der Waals surface area contributed by atoms with E-state index in [2.05, 4.69) is 42.2 Å². The minimum absolute atomic E-state index is 0.574. The number of halogens is 2. The van der Waals surface area contributed by atoms with Gasteiger partial charge in [-0.25, -0.2) is 4.68 Å². The average molecular weight is 311 g/mol. The van der Waals surface area contributed by atoms with E-state index < -0.39 is 0 Å². The standard InChI is InChI=1S/C7H9Br2N3O/c8-6-7(9)12(11-10-6)3-5-1-2-13-4-5/h5H,1-4H2. The van der Waals surface area contributed by atoms with Crippen LogP contribution in [0, 0.1) is 5.92 Å². The van der Waals surface area contributed by atoms with E-state index in [1.165, 1.54) is 0 Å². The molecule has 1 aliphatic heterocycles. The minimum Gasteiger partial charge on any atom is -0.381 e. The van der Waals surface area contributed by atoms with Gasteiger partial charge in [0.05, 0.1) is 6.61 Å². The molecule has 2 rings (SSSR count). The molecule has 1 aromatic rings. The fraction of sp³-hybridized carbons (Fsp3) is 0.714. The number of ether oxygens (including phenoxy) is 1. The maximum Gasteiger partial charge on any atom is 0.162 e. The first-order valence-electron chi connectivity index (χ1n) is 4.09. The number of hydrogen-bond acceptors (Lipinski definition) is 3. The Kier molecular flexibility index (Phi) is 3.00. The van der Waals surface area contributed by atoms with E-state index in [1.807, 2.05) is 4.68 Å². The zero-order chi connectivity index (χ0) is 9.26. The zero-order valence-corrected chi connectivity index (χ0v) is 10.1. The Hall–Kier alpha value is 0.0600. The summed E-state index contributed by atoms with van der Waals surface area (Å²) in [5.41, 5.74) is 0. The minimum atomic E-state index is 0.574. The Bertz CT molecular complexity index is 296. The van der Waals surface area contributed by atoms with Crippen LogP contribution in [0.2, 0.25) is 0 Å². The summed E-state index contributed by atoms with van der Waals surface area (Å²) in [6, 6.07) is 0. The molecule has 13 heavy (non-hydrogen) atoms. The van der Waals surface area contributed by atoms with Crippen molar-refractivity contribution in [3.05, 3.63) is 9.21 Å². The summed E-state index contributed by atoms with van der Waals surface area (Å²) < 4.78 is 8.80. The first-order chi connectivity index (χ1) is 6.27. The molecule has 2 heterocycles. The first-order valence-corrected chi connectivity index (χ1v) is 5.68. The van der Waals surface area contributed by atoms with Crippen molar-refractivity contribution in [1.82, 2.24) is 15.0 Å². The van der Waals surface area contributed by atoms with Crippen molar-refractivity contribution in [1.29, 1.82) is 0 Å². The highest BCUT2D eigenvalue weighted by atomic mass is 79.9. The molecule has 6 heteroatoms. The second-order valence-corrected chi connectivity index (χ2v) is 4.59. The molecular weight excluding hydrogens is 302 g/mol. The Balaban J connectivity index is 2.04. The average Bonchev–Trinajstić information content (AvgIpc) is 2.71. The molecule has 1 unspecified atom stereocenters. The van der Waals surface area contributed by atoms with Gasteiger partial charge < -0.3 is 4.74 Å². The Labute approximate surface area is 92.9 Å². The van der Waals surface area contributed by atoms with Gasteiger partial charge in [0.2, 0.25) is 0 Å². The van der Waals surface area contributed by atoms with Gasteiger partial charge in [0.25, 0.3) is 0 Å². The predicted octanol–water partition coefficient (Wildman–Crippen LogP) is 1.84. The van der Waals surface area contributed by atoms with Gasteiger partial charge in [0, 0.05) is 19.1 Å². The van der Waals surface area contributed by atoms with Crippen molar-refractivity contribution in [3.63, 3.8) is 0 Å². The SMILES string of the molecule is Brc1nnn(CC2CCOC2)c1Br. The summed E-state index contributed by atoms with van der Waals surface area (Å²) in [5, 5.41) is 7.90. The van der Waals surface area contributed by atoms with Gasteiger partial charge in [-0.15, -0.1) is 5.10 Å². The van der Waals surface area contributed by atoms with Crippen LogP contribution in [0.15, 0.2) is 9.21 Å². The second-order valence-electron chi connectivity index (χ2n) is 3.08. The summed E-state index contributed by atoms with van der Waals surface area (Å²) in [7, 11) is 0.